The number of carboxylic acid groups (broad SMARTS) is 1. The molecule has 3 N–H and O–H groups in total. The summed E-state index contributed by atoms with van der Waals surface area (Å²) >= 11 is 0. The van der Waals surface area contributed by atoms with Crippen LogP contribution in [-0.2, 0) is 0 Å². The predicted octanol–water partition coefficient (Wildman–Crippen LogP) is 3.75. The van der Waals surface area contributed by atoms with Crippen LogP contribution < -0.4 is 10.5 Å². The van der Waals surface area contributed by atoms with Gasteiger partial charge in [0.05, 0.1) is 11.6 Å². The van der Waals surface area contributed by atoms with Crippen molar-refractivity contribution in [2.45, 2.75) is 12.4 Å². The van der Waals surface area contributed by atoms with Crippen molar-refractivity contribution < 1.29 is 27.8 Å². The highest BCUT2D eigenvalue weighted by molar-refractivity contribution is 5.87. The van der Waals surface area contributed by atoms with Gasteiger partial charge in [-0.05, 0) is 35.4 Å². The van der Waals surface area contributed by atoms with E-state index >= 15 is 0 Å². The molecule has 0 amide bonds. The summed E-state index contributed by atoms with van der Waals surface area (Å²) in [5.41, 5.74) is 7.37. The van der Waals surface area contributed by atoms with Gasteiger partial charge in [0.1, 0.15) is 5.75 Å². The molecule has 0 bridgehead atoms. The van der Waals surface area contributed by atoms with Gasteiger partial charge in [0.25, 0.3) is 0 Å². The molecule has 8 heteroatoms. The van der Waals surface area contributed by atoms with Gasteiger partial charge in [-0.25, -0.2) is 4.79 Å². The molecule has 2 rings (SSSR count). The van der Waals surface area contributed by atoms with Crippen LogP contribution >= 0.6 is 12.4 Å². The molecular weight excluding hydrogens is 335 g/mol. The zero-order valence-electron chi connectivity index (χ0n) is 11.6. The van der Waals surface area contributed by atoms with Crippen molar-refractivity contribution >= 4 is 18.4 Å². The van der Waals surface area contributed by atoms with E-state index in [1.165, 1.54) is 36.4 Å². The molecule has 124 valence electrons. The Morgan fingerprint density at radius 1 is 1.00 bits per heavy atom. The van der Waals surface area contributed by atoms with Gasteiger partial charge in [0.15, 0.2) is 0 Å². The van der Waals surface area contributed by atoms with Crippen LogP contribution in [0.25, 0.3) is 0 Å². The van der Waals surface area contributed by atoms with E-state index in [0.29, 0.717) is 11.1 Å². The highest BCUT2D eigenvalue weighted by Crippen LogP contribution is 2.26. The number of halogens is 4. The smallest absolute Gasteiger partial charge is 0.478 e. The lowest BCUT2D eigenvalue weighted by Gasteiger charge is -2.14. The van der Waals surface area contributed by atoms with Gasteiger partial charge >= 0.3 is 12.3 Å². The average Bonchev–Trinajstić information content (AvgIpc) is 2.46. The van der Waals surface area contributed by atoms with Gasteiger partial charge in [0.2, 0.25) is 0 Å². The van der Waals surface area contributed by atoms with E-state index in [1.54, 1.807) is 12.1 Å². The molecule has 0 aliphatic heterocycles. The minimum atomic E-state index is -4.74. The third kappa shape index (κ3) is 5.15. The van der Waals surface area contributed by atoms with Crippen LogP contribution in [0.4, 0.5) is 13.2 Å². The summed E-state index contributed by atoms with van der Waals surface area (Å²) in [7, 11) is 0. The van der Waals surface area contributed by atoms with Gasteiger partial charge in [0, 0.05) is 0 Å². The first-order valence-corrected chi connectivity index (χ1v) is 6.21. The first kappa shape index (κ1) is 18.8. The van der Waals surface area contributed by atoms with E-state index in [4.69, 9.17) is 10.8 Å². The van der Waals surface area contributed by atoms with E-state index in [2.05, 4.69) is 4.74 Å². The van der Waals surface area contributed by atoms with E-state index in [-0.39, 0.29) is 23.7 Å². The third-order valence-corrected chi connectivity index (χ3v) is 2.99. The maximum atomic E-state index is 12.1. The minimum absolute atomic E-state index is 0. The van der Waals surface area contributed by atoms with Crippen molar-refractivity contribution in [3.8, 4) is 5.75 Å². The van der Waals surface area contributed by atoms with E-state index in [1.807, 2.05) is 0 Å². The summed E-state index contributed by atoms with van der Waals surface area (Å²) in [6.07, 6.45) is -4.74. The summed E-state index contributed by atoms with van der Waals surface area (Å²) in [6.45, 7) is 0. The molecule has 2 aromatic rings. The first-order valence-electron chi connectivity index (χ1n) is 6.21. The van der Waals surface area contributed by atoms with E-state index in [0.717, 1.165) is 0 Å². The highest BCUT2D eigenvalue weighted by Gasteiger charge is 2.31. The lowest BCUT2D eigenvalue weighted by Crippen LogP contribution is -2.17. The molecule has 0 aromatic heterocycles. The molecule has 0 heterocycles. The minimum Gasteiger partial charge on any atom is -0.478 e. The molecule has 23 heavy (non-hydrogen) atoms. The maximum absolute atomic E-state index is 12.1. The Bertz CT molecular complexity index is 657. The second-order valence-electron chi connectivity index (χ2n) is 4.52. The molecular formula is C15H13ClF3NO3. The third-order valence-electron chi connectivity index (χ3n) is 2.99. The quantitative estimate of drug-likeness (QED) is 0.883. The zero-order valence-corrected chi connectivity index (χ0v) is 12.4. The number of hydrogen-bond donors (Lipinski definition) is 2. The summed E-state index contributed by atoms with van der Waals surface area (Å²) in [5.74, 6) is -1.38. The summed E-state index contributed by atoms with van der Waals surface area (Å²) < 4.78 is 40.0. The number of nitrogens with two attached hydrogens (primary N) is 1. The summed E-state index contributed by atoms with van der Waals surface area (Å²) in [4.78, 5) is 10.8. The molecule has 0 fully saturated rings. The number of rotatable bonds is 4. The Morgan fingerprint density at radius 3 is 1.83 bits per heavy atom. The largest absolute Gasteiger partial charge is 0.573 e. The van der Waals surface area contributed by atoms with Crippen molar-refractivity contribution in [2.24, 2.45) is 5.73 Å². The Hall–Kier alpha value is -2.25. The van der Waals surface area contributed by atoms with Crippen LogP contribution in [0.1, 0.15) is 27.5 Å². The number of ether oxygens (including phenoxy) is 1. The molecule has 0 unspecified atom stereocenters. The summed E-state index contributed by atoms with van der Waals surface area (Å²) in [5, 5.41) is 8.82. The number of carboxylic acids is 1. The van der Waals surface area contributed by atoms with Crippen molar-refractivity contribution in [3.05, 3.63) is 65.2 Å². The molecule has 0 saturated carbocycles. The topological polar surface area (TPSA) is 72.5 Å². The Labute approximate surface area is 136 Å². The molecule has 1 atom stereocenters. The highest BCUT2D eigenvalue weighted by atomic mass is 35.5. The molecule has 0 spiro atoms. The molecule has 0 radical (unpaired) electrons. The Kier molecular flexibility index (Phi) is 6.00. The van der Waals surface area contributed by atoms with Crippen LogP contribution in [0.2, 0.25) is 0 Å². The fraction of sp³-hybridized carbons (Fsp3) is 0.133. The number of benzene rings is 2. The van der Waals surface area contributed by atoms with Gasteiger partial charge in [-0.2, -0.15) is 0 Å². The van der Waals surface area contributed by atoms with Crippen molar-refractivity contribution in [3.63, 3.8) is 0 Å². The van der Waals surface area contributed by atoms with Crippen molar-refractivity contribution in [2.75, 3.05) is 0 Å². The number of aromatic carboxylic acids is 1. The van der Waals surface area contributed by atoms with E-state index < -0.39 is 18.4 Å². The van der Waals surface area contributed by atoms with Crippen LogP contribution in [0, 0.1) is 0 Å². The second-order valence-corrected chi connectivity index (χ2v) is 4.52. The molecule has 2 aromatic carbocycles. The average molecular weight is 348 g/mol. The van der Waals surface area contributed by atoms with Gasteiger partial charge in [-0.1, -0.05) is 24.3 Å². The van der Waals surface area contributed by atoms with E-state index in [9.17, 15) is 18.0 Å². The van der Waals surface area contributed by atoms with Gasteiger partial charge in [-0.3, -0.25) is 0 Å². The van der Waals surface area contributed by atoms with Crippen molar-refractivity contribution in [1.82, 2.24) is 0 Å². The fourth-order valence-electron chi connectivity index (χ4n) is 1.90. The van der Waals surface area contributed by atoms with Gasteiger partial charge < -0.3 is 15.6 Å². The predicted molar refractivity (Wildman–Crippen MR) is 79.8 cm³/mol. The molecule has 0 aliphatic rings. The SMILES string of the molecule is Cl.N[C@@H](c1ccc(OC(F)(F)F)cc1)c1ccc(C(=O)O)cc1. The van der Waals surface area contributed by atoms with Crippen molar-refractivity contribution in [1.29, 1.82) is 0 Å². The van der Waals surface area contributed by atoms with Crippen LogP contribution in [0.5, 0.6) is 5.75 Å². The lowest BCUT2D eigenvalue weighted by atomic mass is 9.98. The van der Waals surface area contributed by atoms with Crippen LogP contribution in [0.3, 0.4) is 0 Å². The second kappa shape index (κ2) is 7.34. The maximum Gasteiger partial charge on any atom is 0.573 e. The summed E-state index contributed by atoms with van der Waals surface area (Å²) in [6, 6.07) is 10.6. The molecule has 0 aliphatic carbocycles. The van der Waals surface area contributed by atoms with Gasteiger partial charge in [-0.15, -0.1) is 25.6 Å². The Balaban J connectivity index is 0.00000264. The molecule has 0 saturated heterocycles. The van der Waals surface area contributed by atoms with Crippen LogP contribution in [-0.4, -0.2) is 17.4 Å². The number of hydrogen-bond acceptors (Lipinski definition) is 3. The number of alkyl halides is 3. The Morgan fingerprint density at radius 2 is 1.43 bits per heavy atom. The first-order chi connectivity index (χ1) is 10.3. The number of carbonyl (C=O) groups is 1. The molecule has 4 nitrogen and oxygen atoms in total. The van der Waals surface area contributed by atoms with Crippen LogP contribution in [0.15, 0.2) is 48.5 Å². The lowest BCUT2D eigenvalue weighted by molar-refractivity contribution is -0.274. The standard InChI is InChI=1S/C15H12F3NO3.ClH/c16-15(17,18)22-12-7-5-10(6-8-12)13(19)9-1-3-11(4-2-9)14(20)21;/h1-8,13H,19H2,(H,20,21);1H/t13-;/m1./s1. The zero-order chi connectivity index (χ0) is 16.3. The fourth-order valence-corrected chi connectivity index (χ4v) is 1.90. The normalized spacial score (nSPS) is 12.2. The monoisotopic (exact) mass is 347 g/mol.